The van der Waals surface area contributed by atoms with Crippen LogP contribution in [0.1, 0.15) is 55.3 Å². The molecule has 1 fully saturated rings. The number of carbonyl (C=O) groups is 3. The highest BCUT2D eigenvalue weighted by Gasteiger charge is 2.24. The van der Waals surface area contributed by atoms with Gasteiger partial charge in [-0.2, -0.15) is 0 Å². The highest BCUT2D eigenvalue weighted by molar-refractivity contribution is 6.11. The summed E-state index contributed by atoms with van der Waals surface area (Å²) in [5, 5.41) is 22.9. The Labute approximate surface area is 207 Å². The largest absolute Gasteiger partial charge is 0.476 e. The lowest BCUT2D eigenvalue weighted by molar-refractivity contribution is 0.0691. The number of nitrogens with two attached hydrogens (primary N) is 1. The molecule has 0 unspecified atom stereocenters. The van der Waals surface area contributed by atoms with Gasteiger partial charge in [-0.25, -0.2) is 9.78 Å². The summed E-state index contributed by atoms with van der Waals surface area (Å²) < 4.78 is 0. The normalized spacial score (nSPS) is 12.4. The molecule has 0 saturated heterocycles. The van der Waals surface area contributed by atoms with E-state index in [0.717, 1.165) is 12.8 Å². The van der Waals surface area contributed by atoms with Gasteiger partial charge in [0.15, 0.2) is 5.69 Å². The van der Waals surface area contributed by atoms with Crippen LogP contribution in [-0.4, -0.2) is 40.3 Å². The number of hydrogen-bond donors (Lipinski definition) is 5. The van der Waals surface area contributed by atoms with Gasteiger partial charge in [0.2, 0.25) is 0 Å². The van der Waals surface area contributed by atoms with E-state index in [0.29, 0.717) is 34.8 Å². The number of aromatic nitrogens is 1. The topological polar surface area (TPSA) is 158 Å². The molecule has 4 rings (SSSR count). The Morgan fingerprint density at radius 3 is 2.36 bits per heavy atom. The number of rotatable bonds is 9. The number of benzene rings is 2. The first-order valence-corrected chi connectivity index (χ1v) is 11.3. The molecule has 1 aromatic heterocycles. The number of carboxylic acids is 1. The molecule has 9 nitrogen and oxygen atoms in total. The van der Waals surface area contributed by atoms with Crippen molar-refractivity contribution < 1.29 is 19.5 Å². The fourth-order valence-corrected chi connectivity index (χ4v) is 3.66. The average molecular weight is 484 g/mol. The van der Waals surface area contributed by atoms with Gasteiger partial charge in [-0.05, 0) is 72.4 Å². The van der Waals surface area contributed by atoms with E-state index >= 15 is 0 Å². The summed E-state index contributed by atoms with van der Waals surface area (Å²) in [6.45, 7) is 4.27. The summed E-state index contributed by atoms with van der Waals surface area (Å²) in [6, 6.07) is 14.3. The van der Waals surface area contributed by atoms with Crippen LogP contribution in [0, 0.1) is 11.3 Å². The van der Waals surface area contributed by atoms with E-state index in [1.54, 1.807) is 48.5 Å². The Morgan fingerprint density at radius 2 is 1.75 bits per heavy atom. The van der Waals surface area contributed by atoms with Crippen molar-refractivity contribution in [3.05, 3.63) is 89.3 Å². The third-order valence-corrected chi connectivity index (χ3v) is 5.85. The second kappa shape index (κ2) is 10.2. The molecule has 0 aliphatic heterocycles. The van der Waals surface area contributed by atoms with Crippen molar-refractivity contribution in [1.29, 1.82) is 5.41 Å². The molecule has 0 spiro atoms. The van der Waals surface area contributed by atoms with E-state index in [1.807, 2.05) is 0 Å². The summed E-state index contributed by atoms with van der Waals surface area (Å²) >= 11 is 0. The molecule has 182 valence electrons. The maximum absolute atomic E-state index is 13.3. The highest BCUT2D eigenvalue weighted by Crippen LogP contribution is 2.30. The van der Waals surface area contributed by atoms with E-state index in [2.05, 4.69) is 22.2 Å². The van der Waals surface area contributed by atoms with Gasteiger partial charge >= 0.3 is 5.97 Å². The Hall–Kier alpha value is -4.79. The van der Waals surface area contributed by atoms with Gasteiger partial charge in [-0.15, -0.1) is 0 Å². The first-order valence-electron chi connectivity index (χ1n) is 11.3. The Bertz CT molecular complexity index is 1380. The summed E-state index contributed by atoms with van der Waals surface area (Å²) in [7, 11) is 0. The van der Waals surface area contributed by atoms with Crippen LogP contribution in [0.25, 0.3) is 17.2 Å². The zero-order valence-electron chi connectivity index (χ0n) is 19.4. The van der Waals surface area contributed by atoms with Crippen molar-refractivity contribution in [2.75, 3.05) is 11.9 Å². The Morgan fingerprint density at radius 1 is 1.06 bits per heavy atom. The minimum Gasteiger partial charge on any atom is -0.476 e. The molecule has 0 radical (unpaired) electrons. The molecule has 6 N–H and O–H groups in total. The predicted molar refractivity (Wildman–Crippen MR) is 137 cm³/mol. The molecule has 1 aliphatic rings. The predicted octanol–water partition coefficient (Wildman–Crippen LogP) is 3.77. The molecule has 2 aromatic carbocycles. The minimum absolute atomic E-state index is 0.00363. The Balaban J connectivity index is 1.69. The number of carboxylic acid groups (broad SMARTS) is 1. The second-order valence-electron chi connectivity index (χ2n) is 8.51. The van der Waals surface area contributed by atoms with Crippen LogP contribution >= 0.6 is 0 Å². The molecule has 0 bridgehead atoms. The van der Waals surface area contributed by atoms with Gasteiger partial charge in [0.1, 0.15) is 11.5 Å². The first-order chi connectivity index (χ1) is 17.3. The monoisotopic (exact) mass is 483 g/mol. The number of nitrogen functional groups attached to an aromatic ring is 1. The molecule has 36 heavy (non-hydrogen) atoms. The van der Waals surface area contributed by atoms with E-state index < -0.39 is 17.8 Å². The minimum atomic E-state index is -1.32. The quantitative estimate of drug-likeness (QED) is 0.230. The van der Waals surface area contributed by atoms with Gasteiger partial charge in [-0.1, -0.05) is 24.8 Å². The van der Waals surface area contributed by atoms with Crippen LogP contribution in [0.5, 0.6) is 0 Å². The highest BCUT2D eigenvalue weighted by atomic mass is 16.4. The smallest absolute Gasteiger partial charge is 0.355 e. The summed E-state index contributed by atoms with van der Waals surface area (Å²) in [4.78, 5) is 41.9. The lowest BCUT2D eigenvalue weighted by Crippen LogP contribution is -2.27. The first kappa shape index (κ1) is 24.3. The Kier molecular flexibility index (Phi) is 6.91. The maximum atomic E-state index is 13.3. The third kappa shape index (κ3) is 5.47. The average Bonchev–Trinajstić information content (AvgIpc) is 3.71. The fourth-order valence-electron chi connectivity index (χ4n) is 3.66. The standard InChI is InChI=1S/C27H25N5O4/c1-2-15-5-10-19(21(13-15)25(33)31-18-8-6-17(7-9-18)24(28)29)20-11-12-22(32-23(20)27(35)36)26(34)30-14-16-3-4-16/h2,5-13,16H,1,3-4,14H2,(H3,28,29)(H,30,34)(H,31,33)(H,35,36). The fraction of sp³-hybridized carbons (Fsp3) is 0.148. The van der Waals surface area contributed by atoms with Crippen LogP contribution < -0.4 is 16.4 Å². The zero-order chi connectivity index (χ0) is 25.8. The van der Waals surface area contributed by atoms with Crippen molar-refractivity contribution in [1.82, 2.24) is 10.3 Å². The summed E-state index contributed by atoms with van der Waals surface area (Å²) in [5.74, 6) is -1.86. The van der Waals surface area contributed by atoms with Crippen LogP contribution in [0.4, 0.5) is 5.69 Å². The number of amidine groups is 1. The van der Waals surface area contributed by atoms with Crippen molar-refractivity contribution in [2.45, 2.75) is 12.8 Å². The number of nitrogens with zero attached hydrogens (tertiary/aromatic N) is 1. The van der Waals surface area contributed by atoms with E-state index in [9.17, 15) is 19.5 Å². The van der Waals surface area contributed by atoms with Gasteiger partial charge in [0.25, 0.3) is 11.8 Å². The summed E-state index contributed by atoms with van der Waals surface area (Å²) in [6.07, 6.45) is 3.71. The van der Waals surface area contributed by atoms with Crippen molar-refractivity contribution in [2.24, 2.45) is 11.7 Å². The lowest BCUT2D eigenvalue weighted by Gasteiger charge is -2.14. The number of nitrogens with one attached hydrogen (secondary N) is 3. The van der Waals surface area contributed by atoms with Crippen LogP contribution in [0.3, 0.4) is 0 Å². The van der Waals surface area contributed by atoms with Crippen LogP contribution in [0.15, 0.2) is 61.2 Å². The third-order valence-electron chi connectivity index (χ3n) is 5.85. The molecular formula is C27H25N5O4. The molecule has 1 aliphatic carbocycles. The van der Waals surface area contributed by atoms with E-state index in [-0.39, 0.29) is 28.4 Å². The molecule has 9 heteroatoms. The zero-order valence-corrected chi connectivity index (χ0v) is 19.4. The molecule has 3 aromatic rings. The number of pyridine rings is 1. The number of aromatic carboxylic acids is 1. The van der Waals surface area contributed by atoms with Crippen molar-refractivity contribution in [3.63, 3.8) is 0 Å². The van der Waals surface area contributed by atoms with Gasteiger partial charge in [-0.3, -0.25) is 15.0 Å². The molecule has 0 atom stereocenters. The molecular weight excluding hydrogens is 458 g/mol. The number of anilines is 1. The van der Waals surface area contributed by atoms with Gasteiger partial charge in [0.05, 0.1) is 0 Å². The molecule has 1 saturated carbocycles. The van der Waals surface area contributed by atoms with E-state index in [1.165, 1.54) is 12.1 Å². The lowest BCUT2D eigenvalue weighted by atomic mass is 9.95. The van der Waals surface area contributed by atoms with Crippen molar-refractivity contribution >= 4 is 35.4 Å². The van der Waals surface area contributed by atoms with E-state index in [4.69, 9.17) is 11.1 Å². The maximum Gasteiger partial charge on any atom is 0.355 e. The molecule has 1 heterocycles. The van der Waals surface area contributed by atoms with Crippen LogP contribution in [0.2, 0.25) is 0 Å². The summed E-state index contributed by atoms with van der Waals surface area (Å²) in [5.41, 5.74) is 7.54. The van der Waals surface area contributed by atoms with Crippen LogP contribution in [-0.2, 0) is 0 Å². The number of amides is 2. The van der Waals surface area contributed by atoms with Gasteiger partial charge < -0.3 is 21.5 Å². The number of hydrogen-bond acceptors (Lipinski definition) is 5. The number of carbonyl (C=O) groups excluding carboxylic acids is 2. The molecule has 2 amide bonds. The van der Waals surface area contributed by atoms with Crippen molar-refractivity contribution in [3.8, 4) is 11.1 Å². The second-order valence-corrected chi connectivity index (χ2v) is 8.51. The SMILES string of the molecule is C=Cc1ccc(-c2ccc(C(=O)NCC3CC3)nc2C(=O)O)c(C(=O)Nc2ccc(C(=N)N)cc2)c1. The van der Waals surface area contributed by atoms with Gasteiger partial charge in [0, 0.05) is 28.9 Å².